The maximum Gasteiger partial charge on any atom is 0.234 e. The van der Waals surface area contributed by atoms with Gasteiger partial charge in [-0.2, -0.15) is 5.26 Å². The summed E-state index contributed by atoms with van der Waals surface area (Å²) in [7, 11) is 0. The Labute approximate surface area is 248 Å². The van der Waals surface area contributed by atoms with Crippen molar-refractivity contribution in [3.8, 4) is 6.07 Å². The molecule has 8 nitrogen and oxygen atoms in total. The normalized spacial score (nSPS) is 18.3. The number of thioether (sulfide) groups is 1. The number of Topliss-reactive ketones (excluding diaryl/α,β-unsaturated/α-hetero) is 1. The lowest BCUT2D eigenvalue weighted by atomic mass is 9.68. The third-order valence-corrected chi connectivity index (χ3v) is 9.59. The van der Waals surface area contributed by atoms with Gasteiger partial charge in [-0.05, 0) is 55.4 Å². The molecule has 1 aliphatic carbocycles. The number of rotatable bonds is 6. The molecule has 1 amide bonds. The lowest BCUT2D eigenvalue weighted by Gasteiger charge is -2.42. The lowest BCUT2D eigenvalue weighted by molar-refractivity contribution is -0.118. The van der Waals surface area contributed by atoms with Crippen LogP contribution < -0.4 is 16.0 Å². The standard InChI is InChI=1S/C31H32N6O2S2/c1-17-8-6-10-20(12-17)26-21(15-32)28(33)37(23-13-31(4,5)14-24(38)27(23)26)29-35-36-30(41-29)40-16-25(39)34-22-11-7-9-18(2)19(22)3/h6-12,26H,13-14,16,33H2,1-5H3,(H,34,39). The number of anilines is 2. The van der Waals surface area contributed by atoms with E-state index in [9.17, 15) is 14.9 Å². The minimum atomic E-state index is -0.537. The fraction of sp³-hybridized carbons (Fsp3) is 0.323. The summed E-state index contributed by atoms with van der Waals surface area (Å²) < 4.78 is 0.590. The van der Waals surface area contributed by atoms with E-state index in [0.717, 1.165) is 33.6 Å². The zero-order valence-corrected chi connectivity index (χ0v) is 25.4. The van der Waals surface area contributed by atoms with Gasteiger partial charge in [0.25, 0.3) is 0 Å². The molecule has 3 N–H and O–H groups in total. The molecule has 0 fully saturated rings. The average molecular weight is 585 g/mol. The summed E-state index contributed by atoms with van der Waals surface area (Å²) >= 11 is 2.56. The smallest absolute Gasteiger partial charge is 0.234 e. The Morgan fingerprint density at radius 2 is 1.95 bits per heavy atom. The molecule has 41 heavy (non-hydrogen) atoms. The van der Waals surface area contributed by atoms with Crippen LogP contribution >= 0.6 is 23.1 Å². The number of carbonyl (C=O) groups is 2. The molecule has 2 aliphatic rings. The van der Waals surface area contributed by atoms with Crippen molar-refractivity contribution in [3.63, 3.8) is 0 Å². The molecule has 0 saturated carbocycles. The number of nitrogens with two attached hydrogens (primary N) is 1. The number of nitriles is 1. The van der Waals surface area contributed by atoms with Gasteiger partial charge in [0, 0.05) is 23.4 Å². The summed E-state index contributed by atoms with van der Waals surface area (Å²) in [5.41, 5.74) is 12.9. The Kier molecular flexibility index (Phi) is 7.77. The van der Waals surface area contributed by atoms with E-state index in [4.69, 9.17) is 5.73 Å². The van der Waals surface area contributed by atoms with E-state index in [2.05, 4.69) is 35.4 Å². The minimum absolute atomic E-state index is 0.00948. The van der Waals surface area contributed by atoms with E-state index in [1.165, 1.54) is 23.1 Å². The molecule has 1 aliphatic heterocycles. The van der Waals surface area contributed by atoms with Crippen LogP contribution in [0.4, 0.5) is 10.8 Å². The number of aromatic nitrogens is 2. The van der Waals surface area contributed by atoms with Crippen LogP contribution in [0.25, 0.3) is 0 Å². The molecule has 1 atom stereocenters. The highest BCUT2D eigenvalue weighted by Gasteiger charge is 2.45. The summed E-state index contributed by atoms with van der Waals surface area (Å²) in [5, 5.41) is 22.4. The van der Waals surface area contributed by atoms with Crippen LogP contribution in [-0.4, -0.2) is 27.6 Å². The van der Waals surface area contributed by atoms with Crippen molar-refractivity contribution in [1.82, 2.24) is 10.2 Å². The molecule has 2 heterocycles. The van der Waals surface area contributed by atoms with Crippen molar-refractivity contribution >= 4 is 45.6 Å². The average Bonchev–Trinajstić information content (AvgIpc) is 3.37. The first-order valence-electron chi connectivity index (χ1n) is 13.3. The van der Waals surface area contributed by atoms with Crippen molar-refractivity contribution in [3.05, 3.63) is 87.4 Å². The highest BCUT2D eigenvalue weighted by molar-refractivity contribution is 8.01. The summed E-state index contributed by atoms with van der Waals surface area (Å²) in [5.74, 6) is -0.259. The first-order chi connectivity index (χ1) is 19.5. The number of benzene rings is 2. The molecule has 5 rings (SSSR count). The molecule has 0 spiro atoms. The van der Waals surface area contributed by atoms with Crippen LogP contribution in [0.15, 0.2) is 69.5 Å². The fourth-order valence-electron chi connectivity index (χ4n) is 5.46. The monoisotopic (exact) mass is 584 g/mol. The second-order valence-corrected chi connectivity index (χ2v) is 13.5. The van der Waals surface area contributed by atoms with Crippen LogP contribution in [0.2, 0.25) is 0 Å². The van der Waals surface area contributed by atoms with Gasteiger partial charge in [-0.25, -0.2) is 0 Å². The van der Waals surface area contributed by atoms with Crippen molar-refractivity contribution in [1.29, 1.82) is 5.26 Å². The van der Waals surface area contributed by atoms with Crippen molar-refractivity contribution in [2.24, 2.45) is 11.1 Å². The van der Waals surface area contributed by atoms with Crippen LogP contribution in [0.1, 0.15) is 54.9 Å². The Morgan fingerprint density at radius 3 is 2.68 bits per heavy atom. The molecule has 1 aromatic heterocycles. The second-order valence-electron chi connectivity index (χ2n) is 11.3. The maximum atomic E-state index is 13.7. The third kappa shape index (κ3) is 5.65. The summed E-state index contributed by atoms with van der Waals surface area (Å²) in [6, 6.07) is 16.0. The number of carbonyl (C=O) groups excluding carboxylic acids is 2. The minimum Gasteiger partial charge on any atom is -0.384 e. The van der Waals surface area contributed by atoms with E-state index in [1.54, 1.807) is 4.90 Å². The van der Waals surface area contributed by atoms with Crippen LogP contribution in [0, 0.1) is 37.5 Å². The topological polar surface area (TPSA) is 125 Å². The fourth-order valence-corrected chi connectivity index (χ4v) is 7.14. The Bertz CT molecular complexity index is 1660. The van der Waals surface area contributed by atoms with Gasteiger partial charge < -0.3 is 11.1 Å². The van der Waals surface area contributed by atoms with Crippen molar-refractivity contribution in [2.75, 3.05) is 16.0 Å². The quantitative estimate of drug-likeness (QED) is 0.331. The van der Waals surface area contributed by atoms with Gasteiger partial charge >= 0.3 is 0 Å². The van der Waals surface area contributed by atoms with Crippen molar-refractivity contribution in [2.45, 2.75) is 57.7 Å². The molecule has 1 unspecified atom stereocenters. The predicted octanol–water partition coefficient (Wildman–Crippen LogP) is 6.14. The summed E-state index contributed by atoms with van der Waals surface area (Å²) in [6.07, 6.45) is 0.976. The lowest BCUT2D eigenvalue weighted by Crippen LogP contribution is -2.42. The van der Waals surface area contributed by atoms with Gasteiger partial charge in [-0.1, -0.05) is 78.9 Å². The van der Waals surface area contributed by atoms with Gasteiger partial charge in [-0.15, -0.1) is 10.2 Å². The Balaban J connectivity index is 1.46. The molecule has 0 bridgehead atoms. The number of aryl methyl sites for hydroxylation is 2. The zero-order chi connectivity index (χ0) is 29.5. The summed E-state index contributed by atoms with van der Waals surface area (Å²) in [6.45, 7) is 10.1. The van der Waals surface area contributed by atoms with Gasteiger partial charge in [0.1, 0.15) is 5.82 Å². The molecule has 0 saturated heterocycles. The Hall–Kier alpha value is -3.94. The number of hydrogen-bond acceptors (Lipinski definition) is 9. The third-order valence-electron chi connectivity index (χ3n) is 7.55. The first kappa shape index (κ1) is 28.6. The van der Waals surface area contributed by atoms with E-state index in [0.29, 0.717) is 33.5 Å². The second kappa shape index (κ2) is 11.1. The molecule has 3 aromatic rings. The van der Waals surface area contributed by atoms with E-state index in [-0.39, 0.29) is 28.7 Å². The molecule has 2 aromatic carbocycles. The Morgan fingerprint density at radius 1 is 1.20 bits per heavy atom. The predicted molar refractivity (Wildman–Crippen MR) is 163 cm³/mol. The highest BCUT2D eigenvalue weighted by Crippen LogP contribution is 2.50. The van der Waals surface area contributed by atoms with Crippen LogP contribution in [0.3, 0.4) is 0 Å². The molecule has 0 radical (unpaired) electrons. The van der Waals surface area contributed by atoms with E-state index >= 15 is 0 Å². The molecule has 10 heteroatoms. The molecular formula is C31H32N6O2S2. The number of nitrogens with zero attached hydrogens (tertiary/aromatic N) is 4. The number of nitrogens with one attached hydrogen (secondary N) is 1. The number of ketones is 1. The van der Waals surface area contributed by atoms with E-state index in [1.807, 2.05) is 63.2 Å². The van der Waals surface area contributed by atoms with Gasteiger partial charge in [0.05, 0.1) is 23.3 Å². The van der Waals surface area contributed by atoms with Crippen LogP contribution in [-0.2, 0) is 9.59 Å². The highest BCUT2D eigenvalue weighted by atomic mass is 32.2. The zero-order valence-electron chi connectivity index (χ0n) is 23.7. The largest absolute Gasteiger partial charge is 0.384 e. The molecular weight excluding hydrogens is 553 g/mol. The number of hydrogen-bond donors (Lipinski definition) is 2. The van der Waals surface area contributed by atoms with Gasteiger partial charge in [0.15, 0.2) is 10.1 Å². The van der Waals surface area contributed by atoms with Crippen LogP contribution in [0.5, 0.6) is 0 Å². The number of allylic oxidation sites excluding steroid dienone is 3. The van der Waals surface area contributed by atoms with Gasteiger partial charge in [-0.3, -0.25) is 14.5 Å². The first-order valence-corrected chi connectivity index (χ1v) is 15.1. The maximum absolute atomic E-state index is 13.7. The summed E-state index contributed by atoms with van der Waals surface area (Å²) in [4.78, 5) is 28.1. The number of amides is 1. The van der Waals surface area contributed by atoms with Gasteiger partial charge in [0.2, 0.25) is 11.0 Å². The SMILES string of the molecule is Cc1cccc(C2C(C#N)=C(N)N(c3nnc(SCC(=O)Nc4cccc(C)c4C)s3)C3=C2C(=O)CC(C)(C)C3)c1. The van der Waals surface area contributed by atoms with Crippen molar-refractivity contribution < 1.29 is 9.59 Å². The van der Waals surface area contributed by atoms with E-state index < -0.39 is 5.92 Å². The molecule has 210 valence electrons.